The van der Waals surface area contributed by atoms with Gasteiger partial charge in [-0.25, -0.2) is 4.98 Å². The number of pyridine rings is 1. The van der Waals surface area contributed by atoms with Crippen LogP contribution in [-0.4, -0.2) is 71.1 Å². The zero-order chi connectivity index (χ0) is 42.8. The largest absolute Gasteiger partial charge is 0.497 e. The van der Waals surface area contributed by atoms with E-state index in [1.54, 1.807) is 48.5 Å². The Labute approximate surface area is 356 Å². The number of aromatic nitrogens is 1. The first-order valence-electron chi connectivity index (χ1n) is 18.8. The molecule has 4 amide bonds. The Bertz CT molecular complexity index is 2450. The molecule has 4 aliphatic rings. The van der Waals surface area contributed by atoms with Crippen LogP contribution in [0.15, 0.2) is 90.5 Å². The molecule has 12 nitrogen and oxygen atoms in total. The lowest BCUT2D eigenvalue weighted by Crippen LogP contribution is -2.53. The number of benzene rings is 3. The third-order valence-electron chi connectivity index (χ3n) is 11.9. The van der Waals surface area contributed by atoms with Gasteiger partial charge in [0.2, 0.25) is 0 Å². The van der Waals surface area contributed by atoms with Crippen LogP contribution < -0.4 is 19.9 Å². The Balaban J connectivity index is 1.30. The Morgan fingerprint density at radius 2 is 1.67 bits per heavy atom. The van der Waals surface area contributed by atoms with Gasteiger partial charge in [-0.3, -0.25) is 29.6 Å². The Morgan fingerprint density at radius 3 is 2.35 bits per heavy atom. The highest BCUT2D eigenvalue weighted by Crippen LogP contribution is 2.65. The lowest BCUT2D eigenvalue weighted by molar-refractivity contribution is -0.142. The van der Waals surface area contributed by atoms with Crippen molar-refractivity contribution in [3.63, 3.8) is 0 Å². The number of methoxy groups -OCH3 is 1. The van der Waals surface area contributed by atoms with Crippen LogP contribution in [0.4, 0.5) is 24.7 Å². The van der Waals surface area contributed by atoms with Gasteiger partial charge in [-0.15, -0.1) is 0 Å². The molecule has 60 heavy (non-hydrogen) atoms. The lowest BCUT2D eigenvalue weighted by atomic mass is 9.49. The van der Waals surface area contributed by atoms with E-state index in [0.29, 0.717) is 39.3 Å². The van der Waals surface area contributed by atoms with E-state index >= 15 is 9.59 Å². The van der Waals surface area contributed by atoms with Gasteiger partial charge in [0, 0.05) is 23.6 Å². The number of hydrazine groups is 2. The SMILES string of the molecule is COc1ccc(C23C(=O)N(Nc4ccc(Cl)cc4Cl)C(=O)C2CC2C(=CCC4C(=O)N(N(C)c5nc(C(F)(F)F)ccc5Cl)C(=O)C42)C3c2ccccc2OCCO)cc1. The minimum atomic E-state index is -4.84. The van der Waals surface area contributed by atoms with Crippen molar-refractivity contribution in [1.82, 2.24) is 15.0 Å². The molecule has 6 unspecified atom stereocenters. The van der Waals surface area contributed by atoms with Crippen molar-refractivity contribution in [2.45, 2.75) is 30.4 Å². The summed E-state index contributed by atoms with van der Waals surface area (Å²) < 4.78 is 52.8. The van der Waals surface area contributed by atoms with Crippen molar-refractivity contribution in [3.05, 3.63) is 122 Å². The number of carbonyl (C=O) groups is 4. The van der Waals surface area contributed by atoms with E-state index in [1.165, 1.54) is 32.4 Å². The molecular weight excluding hydrogens is 850 g/mol. The van der Waals surface area contributed by atoms with E-state index in [1.807, 2.05) is 6.08 Å². The number of allylic oxidation sites excluding steroid dienone is 2. The number of para-hydroxylation sites is 1. The summed E-state index contributed by atoms with van der Waals surface area (Å²) >= 11 is 19.0. The van der Waals surface area contributed by atoms with Crippen LogP contribution >= 0.6 is 34.8 Å². The minimum Gasteiger partial charge on any atom is -0.497 e. The van der Waals surface area contributed by atoms with Gasteiger partial charge in [0.25, 0.3) is 23.6 Å². The molecule has 4 aromatic rings. The van der Waals surface area contributed by atoms with Crippen molar-refractivity contribution in [2.75, 3.05) is 37.8 Å². The molecule has 2 aliphatic carbocycles. The van der Waals surface area contributed by atoms with E-state index in [-0.39, 0.29) is 41.8 Å². The van der Waals surface area contributed by atoms with Gasteiger partial charge < -0.3 is 14.6 Å². The first-order valence-corrected chi connectivity index (χ1v) is 19.9. The van der Waals surface area contributed by atoms with E-state index < -0.39 is 76.3 Å². The number of aliphatic hydroxyl groups is 1. The fraction of sp³-hybridized carbons (Fsp3) is 0.310. The number of hydrogen-bond acceptors (Lipinski definition) is 10. The van der Waals surface area contributed by atoms with Gasteiger partial charge in [-0.05, 0) is 72.9 Å². The van der Waals surface area contributed by atoms with Crippen molar-refractivity contribution in [3.8, 4) is 11.5 Å². The van der Waals surface area contributed by atoms with Crippen molar-refractivity contribution >= 4 is 69.9 Å². The fourth-order valence-corrected chi connectivity index (χ4v) is 10.1. The van der Waals surface area contributed by atoms with E-state index in [9.17, 15) is 27.9 Å². The predicted molar refractivity (Wildman–Crippen MR) is 214 cm³/mol. The summed E-state index contributed by atoms with van der Waals surface area (Å²) in [6, 6.07) is 19.8. The van der Waals surface area contributed by atoms with E-state index in [0.717, 1.165) is 21.1 Å². The van der Waals surface area contributed by atoms with Crippen molar-refractivity contribution in [1.29, 1.82) is 0 Å². The first kappa shape index (κ1) is 41.4. The minimum absolute atomic E-state index is 0.0131. The molecule has 8 rings (SSSR count). The second-order valence-corrected chi connectivity index (χ2v) is 16.1. The van der Waals surface area contributed by atoms with Gasteiger partial charge in [-0.2, -0.15) is 23.2 Å². The zero-order valence-corrected chi connectivity index (χ0v) is 34.0. The number of carbonyl (C=O) groups excluding carboxylic acids is 4. The first-order chi connectivity index (χ1) is 28.6. The molecule has 2 aliphatic heterocycles. The number of hydrogen-bond donors (Lipinski definition) is 2. The molecule has 3 heterocycles. The number of alkyl halides is 3. The number of imide groups is 2. The van der Waals surface area contributed by atoms with Gasteiger partial charge >= 0.3 is 6.18 Å². The summed E-state index contributed by atoms with van der Waals surface area (Å²) in [6.07, 6.45) is -3.11. The molecule has 3 aromatic carbocycles. The molecule has 18 heteroatoms. The summed E-state index contributed by atoms with van der Waals surface area (Å²) in [6.45, 7) is -0.437. The average molecular weight is 885 g/mol. The molecule has 2 N–H and O–H groups in total. The maximum Gasteiger partial charge on any atom is 0.433 e. The number of halogens is 6. The molecule has 0 spiro atoms. The Hall–Kier alpha value is -5.35. The normalized spacial score (nSPS) is 24.8. The smallest absolute Gasteiger partial charge is 0.433 e. The van der Waals surface area contributed by atoms with Crippen LogP contribution in [0.25, 0.3) is 0 Å². The zero-order valence-electron chi connectivity index (χ0n) is 31.8. The molecule has 1 saturated carbocycles. The van der Waals surface area contributed by atoms with Crippen LogP contribution in [-0.2, 0) is 30.8 Å². The molecular formula is C42H35Cl3F3N5O7. The molecule has 0 radical (unpaired) electrons. The van der Waals surface area contributed by atoms with Crippen molar-refractivity contribution in [2.24, 2.45) is 23.7 Å². The molecule has 2 saturated heterocycles. The molecule has 0 bridgehead atoms. The van der Waals surface area contributed by atoms with Crippen LogP contribution in [0.5, 0.6) is 11.5 Å². The topological polar surface area (TPSA) is 142 Å². The Morgan fingerprint density at radius 1 is 0.933 bits per heavy atom. The third kappa shape index (κ3) is 6.53. The number of nitrogens with one attached hydrogen (secondary N) is 1. The predicted octanol–water partition coefficient (Wildman–Crippen LogP) is 7.48. The third-order valence-corrected chi connectivity index (χ3v) is 12.7. The van der Waals surface area contributed by atoms with Crippen LogP contribution in [0.2, 0.25) is 15.1 Å². The van der Waals surface area contributed by atoms with E-state index in [4.69, 9.17) is 44.3 Å². The van der Waals surface area contributed by atoms with Gasteiger partial charge in [-0.1, -0.05) is 76.8 Å². The summed E-state index contributed by atoms with van der Waals surface area (Å²) in [5, 5.41) is 12.6. The number of amides is 4. The lowest BCUT2D eigenvalue weighted by Gasteiger charge is -2.50. The number of nitrogens with zero attached hydrogens (tertiary/aromatic N) is 4. The summed E-state index contributed by atoms with van der Waals surface area (Å²) in [5.41, 5.74) is 1.66. The standard InChI is InChI=1S/C42H35Cl3F3N5O7/c1-51(36-29(44)14-16-33(49-36)42(46,47)48)53-37(55)26-13-12-24-27(34(26)39(53)57)20-28-38(56)52(50-31-15-9-22(43)19-30(31)45)40(58)41(28,21-7-10-23(59-2)11-8-21)35(24)25-5-3-4-6-32(25)60-18-17-54/h3-12,14-16,19,26-28,34-35,50,54H,13,17-18,20H2,1-2H3. The van der Waals surface area contributed by atoms with Gasteiger partial charge in [0.1, 0.15) is 23.8 Å². The highest BCUT2D eigenvalue weighted by molar-refractivity contribution is 6.36. The maximum absolute atomic E-state index is 15.6. The summed E-state index contributed by atoms with van der Waals surface area (Å²) in [7, 11) is 2.72. The second-order valence-electron chi connectivity index (χ2n) is 14.8. The summed E-state index contributed by atoms with van der Waals surface area (Å²) in [4.78, 5) is 63.4. The molecule has 312 valence electrons. The van der Waals surface area contributed by atoms with Gasteiger partial charge in [0.05, 0.1) is 52.6 Å². The number of rotatable bonds is 10. The number of ether oxygens (including phenoxy) is 2. The monoisotopic (exact) mass is 883 g/mol. The number of aliphatic hydroxyl groups excluding tert-OH is 1. The fourth-order valence-electron chi connectivity index (χ4n) is 9.38. The number of anilines is 2. The molecule has 3 fully saturated rings. The second kappa shape index (κ2) is 15.6. The average Bonchev–Trinajstić information content (AvgIpc) is 3.61. The highest BCUT2D eigenvalue weighted by atomic mass is 35.5. The Kier molecular flexibility index (Phi) is 10.8. The molecule has 1 aromatic heterocycles. The van der Waals surface area contributed by atoms with E-state index in [2.05, 4.69) is 10.4 Å². The van der Waals surface area contributed by atoms with Gasteiger partial charge in [0.15, 0.2) is 5.82 Å². The van der Waals surface area contributed by atoms with Crippen LogP contribution in [0.3, 0.4) is 0 Å². The summed E-state index contributed by atoms with van der Waals surface area (Å²) in [5.74, 6) is -7.51. The quantitative estimate of drug-likeness (QED) is 0.122. The maximum atomic E-state index is 15.6. The highest BCUT2D eigenvalue weighted by Gasteiger charge is 2.71. The number of fused-ring (bicyclic) bond motifs is 4. The van der Waals surface area contributed by atoms with Crippen LogP contribution in [0, 0.1) is 23.7 Å². The van der Waals surface area contributed by atoms with Crippen molar-refractivity contribution < 1.29 is 46.9 Å². The van der Waals surface area contributed by atoms with Crippen LogP contribution in [0.1, 0.15) is 35.6 Å². The molecule has 6 atom stereocenters.